The number of halogens is 1. The number of hydrogen-bond acceptors (Lipinski definition) is 3. The molecule has 3 aromatic rings. The normalized spacial score (nSPS) is 12.3. The number of aryl methyl sites for hydroxylation is 1. The van der Waals surface area contributed by atoms with Gasteiger partial charge in [-0.3, -0.25) is 4.79 Å². The Hall–Kier alpha value is -2.31. The van der Waals surface area contributed by atoms with Crippen molar-refractivity contribution in [1.82, 2.24) is 9.99 Å². The fourth-order valence-corrected chi connectivity index (χ4v) is 4.21. The summed E-state index contributed by atoms with van der Waals surface area (Å²) in [5.74, 6) is -0.120. The second-order valence-corrected chi connectivity index (χ2v) is 8.78. The molecule has 0 saturated carbocycles. The fraction of sp³-hybridized carbons (Fsp3) is 0.182. The summed E-state index contributed by atoms with van der Waals surface area (Å²) in [4.78, 5) is 13.4. The van der Waals surface area contributed by atoms with E-state index in [-0.39, 0.29) is 11.2 Å². The zero-order chi connectivity index (χ0) is 20.1. The molecular formula is C22H22BrN3OS. The first-order valence-corrected chi connectivity index (χ1v) is 10.6. The lowest BCUT2D eigenvalue weighted by molar-refractivity contribution is -0.120. The molecule has 0 aliphatic carbocycles. The van der Waals surface area contributed by atoms with Gasteiger partial charge >= 0.3 is 0 Å². The molecule has 1 heterocycles. The van der Waals surface area contributed by atoms with E-state index in [0.717, 1.165) is 32.0 Å². The number of aromatic nitrogens is 1. The second-order valence-electron chi connectivity index (χ2n) is 6.45. The van der Waals surface area contributed by atoms with Crippen LogP contribution in [0.3, 0.4) is 0 Å². The zero-order valence-corrected chi connectivity index (χ0v) is 18.4. The van der Waals surface area contributed by atoms with E-state index in [1.165, 1.54) is 11.8 Å². The van der Waals surface area contributed by atoms with Gasteiger partial charge in [-0.05, 0) is 57.2 Å². The Kier molecular flexibility index (Phi) is 6.75. The molecule has 0 radical (unpaired) electrons. The molecule has 0 aliphatic rings. The van der Waals surface area contributed by atoms with E-state index in [1.807, 2.05) is 56.3 Å². The van der Waals surface area contributed by atoms with Gasteiger partial charge in [0.1, 0.15) is 0 Å². The Balaban J connectivity index is 1.68. The molecule has 144 valence electrons. The summed E-state index contributed by atoms with van der Waals surface area (Å²) in [7, 11) is 0. The van der Waals surface area contributed by atoms with Gasteiger partial charge in [0.25, 0.3) is 5.91 Å². The van der Waals surface area contributed by atoms with E-state index in [9.17, 15) is 4.79 Å². The number of nitrogens with one attached hydrogen (secondary N) is 1. The Morgan fingerprint density at radius 1 is 1.14 bits per heavy atom. The summed E-state index contributed by atoms with van der Waals surface area (Å²) in [6.45, 7) is 5.98. The van der Waals surface area contributed by atoms with Crippen LogP contribution in [0.4, 0.5) is 0 Å². The van der Waals surface area contributed by atoms with Crippen LogP contribution >= 0.6 is 27.7 Å². The van der Waals surface area contributed by atoms with Crippen LogP contribution in [-0.2, 0) is 4.79 Å². The maximum Gasteiger partial charge on any atom is 0.253 e. The molecule has 0 fully saturated rings. The van der Waals surface area contributed by atoms with Crippen molar-refractivity contribution in [3.8, 4) is 5.69 Å². The van der Waals surface area contributed by atoms with Gasteiger partial charge in [0.15, 0.2) is 0 Å². The van der Waals surface area contributed by atoms with Gasteiger partial charge in [-0.25, -0.2) is 5.43 Å². The van der Waals surface area contributed by atoms with Crippen molar-refractivity contribution in [1.29, 1.82) is 0 Å². The molecule has 0 spiro atoms. The number of nitrogens with zero attached hydrogens (tertiary/aromatic N) is 2. The molecule has 4 nitrogen and oxygen atoms in total. The van der Waals surface area contributed by atoms with E-state index in [1.54, 1.807) is 6.21 Å². The average Bonchev–Trinajstić information content (AvgIpc) is 2.96. The summed E-state index contributed by atoms with van der Waals surface area (Å²) in [6, 6.07) is 20.1. The zero-order valence-electron chi connectivity index (χ0n) is 16.0. The maximum atomic E-state index is 12.3. The molecule has 0 bridgehead atoms. The van der Waals surface area contributed by atoms with Gasteiger partial charge in [0.2, 0.25) is 0 Å². The molecular weight excluding hydrogens is 434 g/mol. The first kappa shape index (κ1) is 20.4. The van der Waals surface area contributed by atoms with Gasteiger partial charge in [-0.1, -0.05) is 40.2 Å². The number of amides is 1. The Morgan fingerprint density at radius 2 is 1.89 bits per heavy atom. The molecule has 3 rings (SSSR count). The first-order chi connectivity index (χ1) is 13.5. The molecule has 1 atom stereocenters. The summed E-state index contributed by atoms with van der Waals surface area (Å²) in [6.07, 6.45) is 1.70. The van der Waals surface area contributed by atoms with Crippen molar-refractivity contribution in [2.45, 2.75) is 30.9 Å². The number of hydrogen-bond donors (Lipinski definition) is 1. The molecule has 28 heavy (non-hydrogen) atoms. The Morgan fingerprint density at radius 3 is 2.61 bits per heavy atom. The third-order valence-electron chi connectivity index (χ3n) is 4.34. The molecule has 6 heteroatoms. The van der Waals surface area contributed by atoms with Gasteiger partial charge in [-0.15, -0.1) is 11.8 Å². The summed E-state index contributed by atoms with van der Waals surface area (Å²) >= 11 is 5.03. The average molecular weight is 456 g/mol. The van der Waals surface area contributed by atoms with Crippen molar-refractivity contribution >= 4 is 39.8 Å². The third-order valence-corrected chi connectivity index (χ3v) is 5.95. The predicted octanol–water partition coefficient (Wildman–Crippen LogP) is 5.49. The van der Waals surface area contributed by atoms with E-state index >= 15 is 0 Å². The highest BCUT2D eigenvalue weighted by Gasteiger charge is 2.14. The number of carbonyl (C=O) groups excluding carboxylic acids is 1. The smallest absolute Gasteiger partial charge is 0.253 e. The van der Waals surface area contributed by atoms with E-state index in [4.69, 9.17) is 0 Å². The highest BCUT2D eigenvalue weighted by Crippen LogP contribution is 2.23. The largest absolute Gasteiger partial charge is 0.318 e. The molecule has 1 amide bonds. The minimum atomic E-state index is -0.228. The summed E-state index contributed by atoms with van der Waals surface area (Å²) in [5.41, 5.74) is 6.88. The summed E-state index contributed by atoms with van der Waals surface area (Å²) in [5, 5.41) is 3.94. The molecule has 0 aliphatic heterocycles. The van der Waals surface area contributed by atoms with E-state index in [2.05, 4.69) is 56.1 Å². The lowest BCUT2D eigenvalue weighted by Crippen LogP contribution is -2.26. The van der Waals surface area contributed by atoms with Crippen LogP contribution in [0, 0.1) is 13.8 Å². The standard InChI is InChI=1S/C22H22BrN3OS/c1-15-12-18(16(2)26(15)20-9-7-8-19(23)13-20)14-24-25-22(27)17(3)28-21-10-5-4-6-11-21/h4-14,17H,1-3H3,(H,25,27)/b24-14+. The third kappa shape index (κ3) is 4.94. The van der Waals surface area contributed by atoms with Crippen LogP contribution in [0.1, 0.15) is 23.9 Å². The van der Waals surface area contributed by atoms with Crippen molar-refractivity contribution < 1.29 is 4.79 Å². The highest BCUT2D eigenvalue weighted by atomic mass is 79.9. The number of benzene rings is 2. The molecule has 2 aromatic carbocycles. The topological polar surface area (TPSA) is 46.4 Å². The van der Waals surface area contributed by atoms with Crippen LogP contribution in [0.2, 0.25) is 0 Å². The van der Waals surface area contributed by atoms with Crippen LogP contribution in [0.25, 0.3) is 5.69 Å². The summed E-state index contributed by atoms with van der Waals surface area (Å²) < 4.78 is 3.20. The van der Waals surface area contributed by atoms with Gasteiger partial charge < -0.3 is 4.57 Å². The van der Waals surface area contributed by atoms with Crippen molar-refractivity contribution in [2.24, 2.45) is 5.10 Å². The van der Waals surface area contributed by atoms with Crippen LogP contribution in [0.15, 0.2) is 75.1 Å². The Labute approximate surface area is 178 Å². The lowest BCUT2D eigenvalue weighted by atomic mass is 10.2. The SMILES string of the molecule is Cc1cc(/C=N/NC(=O)C(C)Sc2ccccc2)c(C)n1-c1cccc(Br)c1. The highest BCUT2D eigenvalue weighted by molar-refractivity contribution is 9.10. The quantitative estimate of drug-likeness (QED) is 0.303. The molecule has 1 unspecified atom stereocenters. The van der Waals surface area contributed by atoms with E-state index in [0.29, 0.717) is 0 Å². The van der Waals surface area contributed by atoms with Gasteiger partial charge in [0, 0.05) is 32.0 Å². The number of rotatable bonds is 6. The second kappa shape index (κ2) is 9.26. The predicted molar refractivity (Wildman–Crippen MR) is 120 cm³/mol. The monoisotopic (exact) mass is 455 g/mol. The van der Waals surface area contributed by atoms with Crippen molar-refractivity contribution in [3.05, 3.63) is 82.1 Å². The maximum absolute atomic E-state index is 12.3. The van der Waals surface area contributed by atoms with Crippen LogP contribution in [0.5, 0.6) is 0 Å². The van der Waals surface area contributed by atoms with Crippen molar-refractivity contribution in [2.75, 3.05) is 0 Å². The molecule has 0 saturated heterocycles. The number of carbonyl (C=O) groups is 1. The first-order valence-electron chi connectivity index (χ1n) is 8.95. The minimum absolute atomic E-state index is 0.120. The number of hydrazone groups is 1. The van der Waals surface area contributed by atoms with Crippen LogP contribution < -0.4 is 5.43 Å². The Bertz CT molecular complexity index is 998. The molecule has 1 N–H and O–H groups in total. The fourth-order valence-electron chi connectivity index (χ4n) is 2.94. The lowest BCUT2D eigenvalue weighted by Gasteiger charge is -2.10. The van der Waals surface area contributed by atoms with Gasteiger partial charge in [-0.2, -0.15) is 5.10 Å². The molecule has 1 aromatic heterocycles. The minimum Gasteiger partial charge on any atom is -0.318 e. The number of thioether (sulfide) groups is 1. The van der Waals surface area contributed by atoms with Crippen molar-refractivity contribution in [3.63, 3.8) is 0 Å². The van der Waals surface area contributed by atoms with E-state index < -0.39 is 0 Å². The van der Waals surface area contributed by atoms with Crippen LogP contribution in [-0.4, -0.2) is 21.9 Å². The van der Waals surface area contributed by atoms with Gasteiger partial charge in [0.05, 0.1) is 11.5 Å².